The molecule has 0 atom stereocenters. The number of pyridine rings is 1. The first-order valence-corrected chi connectivity index (χ1v) is 6.17. The topological polar surface area (TPSA) is 54.0 Å². The Bertz CT molecular complexity index is 581. The van der Waals surface area contributed by atoms with Gasteiger partial charge in [-0.25, -0.2) is 0 Å². The van der Waals surface area contributed by atoms with Crippen LogP contribution in [0.25, 0.3) is 0 Å². The lowest BCUT2D eigenvalue weighted by Crippen LogP contribution is -2.14. The Morgan fingerprint density at radius 3 is 2.79 bits per heavy atom. The van der Waals surface area contributed by atoms with Gasteiger partial charge in [0.25, 0.3) is 5.91 Å². The maximum absolute atomic E-state index is 12.2. The molecule has 0 radical (unpaired) electrons. The first-order chi connectivity index (χ1) is 9.20. The quantitative estimate of drug-likeness (QED) is 0.881. The predicted octanol–water partition coefficient (Wildman–Crippen LogP) is 2.36. The lowest BCUT2D eigenvalue weighted by atomic mass is 10.1. The van der Waals surface area contributed by atoms with Gasteiger partial charge >= 0.3 is 0 Å². The molecule has 0 saturated heterocycles. The third kappa shape index (κ3) is 3.39. The summed E-state index contributed by atoms with van der Waals surface area (Å²) >= 11 is 0. The van der Waals surface area contributed by atoms with Crippen molar-refractivity contribution in [3.8, 4) is 0 Å². The van der Waals surface area contributed by atoms with Crippen LogP contribution in [0.1, 0.15) is 21.6 Å². The van der Waals surface area contributed by atoms with Gasteiger partial charge < -0.3 is 10.6 Å². The fraction of sp³-hybridized carbons (Fsp3) is 0.200. The summed E-state index contributed by atoms with van der Waals surface area (Å²) in [6.45, 7) is 2.61. The second-order valence-electron chi connectivity index (χ2n) is 4.34. The second kappa shape index (κ2) is 6.11. The molecule has 4 heteroatoms. The molecule has 98 valence electrons. The average molecular weight is 255 g/mol. The molecule has 0 aliphatic heterocycles. The summed E-state index contributed by atoms with van der Waals surface area (Å²) in [5, 5.41) is 5.92. The van der Waals surface area contributed by atoms with E-state index in [1.165, 1.54) is 0 Å². The molecule has 0 bridgehead atoms. The summed E-state index contributed by atoms with van der Waals surface area (Å²) in [7, 11) is 1.85. The molecule has 2 aromatic rings. The zero-order valence-corrected chi connectivity index (χ0v) is 11.1. The summed E-state index contributed by atoms with van der Waals surface area (Å²) in [6.07, 6.45) is 1.65. The molecule has 1 aromatic carbocycles. The number of aryl methyl sites for hydroxylation is 1. The molecular formula is C15H17N3O. The molecule has 0 unspecified atom stereocenters. The van der Waals surface area contributed by atoms with Crippen molar-refractivity contribution < 1.29 is 4.79 Å². The Kier molecular flexibility index (Phi) is 4.26. The van der Waals surface area contributed by atoms with Gasteiger partial charge in [-0.15, -0.1) is 0 Å². The highest BCUT2D eigenvalue weighted by Gasteiger charge is 2.08. The largest absolute Gasteiger partial charge is 0.322 e. The van der Waals surface area contributed by atoms with Crippen molar-refractivity contribution >= 4 is 11.6 Å². The minimum atomic E-state index is -0.117. The van der Waals surface area contributed by atoms with E-state index in [1.807, 2.05) is 38.2 Å². The van der Waals surface area contributed by atoms with Crippen molar-refractivity contribution in [3.05, 3.63) is 59.4 Å². The molecule has 1 aromatic heterocycles. The van der Waals surface area contributed by atoms with Gasteiger partial charge in [-0.05, 0) is 37.7 Å². The van der Waals surface area contributed by atoms with Gasteiger partial charge in [0.1, 0.15) is 0 Å². The van der Waals surface area contributed by atoms with Gasteiger partial charge in [0.15, 0.2) is 0 Å². The van der Waals surface area contributed by atoms with Gasteiger partial charge in [-0.1, -0.05) is 18.2 Å². The molecule has 0 aliphatic rings. The molecule has 0 fully saturated rings. The molecule has 4 nitrogen and oxygen atoms in total. The highest BCUT2D eigenvalue weighted by Crippen LogP contribution is 2.14. The SMILES string of the molecule is CNCc1cc(C(=O)Nc2ccccc2C)ccn1. The highest BCUT2D eigenvalue weighted by molar-refractivity contribution is 6.04. The van der Waals surface area contributed by atoms with Crippen LogP contribution in [0.3, 0.4) is 0 Å². The number of rotatable bonds is 4. The van der Waals surface area contributed by atoms with E-state index < -0.39 is 0 Å². The molecule has 2 N–H and O–H groups in total. The third-order valence-corrected chi connectivity index (χ3v) is 2.83. The first kappa shape index (κ1) is 13.2. The fourth-order valence-corrected chi connectivity index (χ4v) is 1.80. The van der Waals surface area contributed by atoms with E-state index in [0.717, 1.165) is 16.9 Å². The minimum absolute atomic E-state index is 0.117. The lowest BCUT2D eigenvalue weighted by Gasteiger charge is -2.08. The van der Waals surface area contributed by atoms with E-state index >= 15 is 0 Å². The molecular weight excluding hydrogens is 238 g/mol. The minimum Gasteiger partial charge on any atom is -0.322 e. The number of nitrogens with one attached hydrogen (secondary N) is 2. The number of amides is 1. The van der Waals surface area contributed by atoms with Crippen LogP contribution in [0.15, 0.2) is 42.6 Å². The molecule has 0 spiro atoms. The van der Waals surface area contributed by atoms with Crippen LogP contribution < -0.4 is 10.6 Å². The Hall–Kier alpha value is -2.20. The molecule has 0 aliphatic carbocycles. The van der Waals surface area contributed by atoms with E-state index in [0.29, 0.717) is 12.1 Å². The zero-order chi connectivity index (χ0) is 13.7. The summed E-state index contributed by atoms with van der Waals surface area (Å²) in [6, 6.07) is 11.2. The summed E-state index contributed by atoms with van der Waals surface area (Å²) < 4.78 is 0. The van der Waals surface area contributed by atoms with Crippen LogP contribution >= 0.6 is 0 Å². The molecule has 1 heterocycles. The number of anilines is 1. The number of carbonyl (C=O) groups is 1. The normalized spacial score (nSPS) is 10.2. The van der Waals surface area contributed by atoms with Crippen molar-refractivity contribution in [3.63, 3.8) is 0 Å². The lowest BCUT2D eigenvalue weighted by molar-refractivity contribution is 0.102. The van der Waals surface area contributed by atoms with Crippen LogP contribution in [0, 0.1) is 6.92 Å². The van der Waals surface area contributed by atoms with E-state index in [1.54, 1.807) is 18.3 Å². The van der Waals surface area contributed by atoms with Crippen LogP contribution in [-0.4, -0.2) is 17.9 Å². The fourth-order valence-electron chi connectivity index (χ4n) is 1.80. The highest BCUT2D eigenvalue weighted by atomic mass is 16.1. The Morgan fingerprint density at radius 1 is 1.26 bits per heavy atom. The van der Waals surface area contributed by atoms with E-state index in [9.17, 15) is 4.79 Å². The number of hydrogen-bond donors (Lipinski definition) is 2. The number of aromatic nitrogens is 1. The van der Waals surface area contributed by atoms with E-state index in [4.69, 9.17) is 0 Å². The average Bonchev–Trinajstić information content (AvgIpc) is 2.42. The number of nitrogens with zero attached hydrogens (tertiary/aromatic N) is 1. The Balaban J connectivity index is 2.16. The summed E-state index contributed by atoms with van der Waals surface area (Å²) in [4.78, 5) is 16.4. The van der Waals surface area contributed by atoms with Gasteiger partial charge in [0.05, 0.1) is 5.69 Å². The number of benzene rings is 1. The van der Waals surface area contributed by atoms with Crippen LogP contribution in [0.2, 0.25) is 0 Å². The number of para-hydroxylation sites is 1. The van der Waals surface area contributed by atoms with Gasteiger partial charge in [0, 0.05) is 24.0 Å². The van der Waals surface area contributed by atoms with Gasteiger partial charge in [0.2, 0.25) is 0 Å². The van der Waals surface area contributed by atoms with Gasteiger partial charge in [-0.3, -0.25) is 9.78 Å². The first-order valence-electron chi connectivity index (χ1n) is 6.17. The smallest absolute Gasteiger partial charge is 0.255 e. The maximum Gasteiger partial charge on any atom is 0.255 e. The van der Waals surface area contributed by atoms with E-state index in [-0.39, 0.29) is 5.91 Å². The van der Waals surface area contributed by atoms with Crippen molar-refractivity contribution in [2.24, 2.45) is 0 Å². The van der Waals surface area contributed by atoms with Crippen LogP contribution in [0.4, 0.5) is 5.69 Å². The van der Waals surface area contributed by atoms with Crippen molar-refractivity contribution in [2.75, 3.05) is 12.4 Å². The monoisotopic (exact) mass is 255 g/mol. The number of carbonyl (C=O) groups excluding carboxylic acids is 1. The Labute approximate surface area is 112 Å². The molecule has 0 saturated carbocycles. The summed E-state index contributed by atoms with van der Waals surface area (Å²) in [5.74, 6) is -0.117. The standard InChI is InChI=1S/C15H17N3O/c1-11-5-3-4-6-14(11)18-15(19)12-7-8-17-13(9-12)10-16-2/h3-9,16H,10H2,1-2H3,(H,18,19). The third-order valence-electron chi connectivity index (χ3n) is 2.83. The van der Waals surface area contributed by atoms with Crippen molar-refractivity contribution in [1.29, 1.82) is 0 Å². The maximum atomic E-state index is 12.2. The second-order valence-corrected chi connectivity index (χ2v) is 4.34. The molecule has 1 amide bonds. The van der Waals surface area contributed by atoms with Crippen LogP contribution in [-0.2, 0) is 6.54 Å². The predicted molar refractivity (Wildman–Crippen MR) is 76.1 cm³/mol. The van der Waals surface area contributed by atoms with Crippen molar-refractivity contribution in [2.45, 2.75) is 13.5 Å². The van der Waals surface area contributed by atoms with Crippen LogP contribution in [0.5, 0.6) is 0 Å². The molecule has 19 heavy (non-hydrogen) atoms. The van der Waals surface area contributed by atoms with Gasteiger partial charge in [-0.2, -0.15) is 0 Å². The molecule has 2 rings (SSSR count). The van der Waals surface area contributed by atoms with E-state index in [2.05, 4.69) is 15.6 Å². The summed E-state index contributed by atoms with van der Waals surface area (Å²) in [5.41, 5.74) is 3.34. The number of hydrogen-bond acceptors (Lipinski definition) is 3. The Morgan fingerprint density at radius 2 is 2.05 bits per heavy atom. The zero-order valence-electron chi connectivity index (χ0n) is 11.1. The van der Waals surface area contributed by atoms with Crippen molar-refractivity contribution in [1.82, 2.24) is 10.3 Å².